The van der Waals surface area contributed by atoms with E-state index in [0.29, 0.717) is 5.69 Å². The fourth-order valence-electron chi connectivity index (χ4n) is 1.26. The van der Waals surface area contributed by atoms with Crippen LogP contribution in [0.15, 0.2) is 29.0 Å². The van der Waals surface area contributed by atoms with Crippen LogP contribution in [0.3, 0.4) is 0 Å². The number of fused-ring (bicyclic) bond motifs is 1. The highest BCUT2D eigenvalue weighted by Crippen LogP contribution is 2.20. The first kappa shape index (κ1) is 9.68. The van der Waals surface area contributed by atoms with E-state index < -0.39 is 5.60 Å². The zero-order valence-corrected chi connectivity index (χ0v) is 9.62. The molecule has 0 radical (unpaired) electrons. The molecular weight excluding hydrogens is 244 g/mol. The minimum absolute atomic E-state index is 0.676. The van der Waals surface area contributed by atoms with Gasteiger partial charge >= 0.3 is 0 Å². The molecule has 0 aromatic carbocycles. The zero-order chi connectivity index (χ0) is 10.3. The number of hydrogen-bond donors (Lipinski definition) is 1. The molecule has 3 nitrogen and oxygen atoms in total. The Hall–Kier alpha value is -0.870. The van der Waals surface area contributed by atoms with Gasteiger partial charge < -0.3 is 9.51 Å². The highest BCUT2D eigenvalue weighted by atomic mass is 79.9. The van der Waals surface area contributed by atoms with Crippen molar-refractivity contribution in [1.29, 1.82) is 0 Å². The number of halogens is 1. The van der Waals surface area contributed by atoms with Crippen LogP contribution in [-0.2, 0) is 5.60 Å². The molecule has 0 saturated carbocycles. The third-order valence-electron chi connectivity index (χ3n) is 2.04. The van der Waals surface area contributed by atoms with Gasteiger partial charge in [0.1, 0.15) is 11.2 Å². The largest absolute Gasteiger partial charge is 0.384 e. The van der Waals surface area contributed by atoms with Gasteiger partial charge in [0.2, 0.25) is 0 Å². The van der Waals surface area contributed by atoms with Gasteiger partial charge in [-0.15, -0.1) is 0 Å². The second-order valence-electron chi connectivity index (χ2n) is 3.80. The van der Waals surface area contributed by atoms with Gasteiger partial charge in [0.25, 0.3) is 0 Å². The molecule has 0 atom stereocenters. The van der Waals surface area contributed by atoms with E-state index in [0.717, 1.165) is 10.1 Å². The average Bonchev–Trinajstić information content (AvgIpc) is 2.45. The van der Waals surface area contributed by atoms with Crippen molar-refractivity contribution >= 4 is 21.6 Å². The van der Waals surface area contributed by atoms with Crippen LogP contribution in [0.2, 0.25) is 0 Å². The Morgan fingerprint density at radius 2 is 2.07 bits per heavy atom. The van der Waals surface area contributed by atoms with Gasteiger partial charge in [0.15, 0.2) is 0 Å². The Morgan fingerprint density at radius 1 is 1.36 bits per heavy atom. The molecule has 0 saturated heterocycles. The molecule has 0 unspecified atom stereocenters. The highest BCUT2D eigenvalue weighted by Gasteiger charge is 2.19. The number of nitrogens with zero attached hydrogens (tertiary/aromatic N) is 2. The number of aromatic nitrogens is 2. The van der Waals surface area contributed by atoms with E-state index in [-0.39, 0.29) is 0 Å². The van der Waals surface area contributed by atoms with Crippen LogP contribution in [0, 0.1) is 0 Å². The maximum atomic E-state index is 9.77. The average molecular weight is 255 g/mol. The first-order valence-corrected chi connectivity index (χ1v) is 5.13. The first-order chi connectivity index (χ1) is 6.47. The summed E-state index contributed by atoms with van der Waals surface area (Å²) < 4.78 is 2.88. The summed E-state index contributed by atoms with van der Waals surface area (Å²) in [7, 11) is 0. The molecule has 0 aliphatic carbocycles. The van der Waals surface area contributed by atoms with Gasteiger partial charge in [-0.3, -0.25) is 0 Å². The lowest BCUT2D eigenvalue weighted by Gasteiger charge is -2.12. The summed E-state index contributed by atoms with van der Waals surface area (Å²) in [5.74, 6) is 0. The van der Waals surface area contributed by atoms with Crippen molar-refractivity contribution in [3.05, 3.63) is 34.7 Å². The van der Waals surface area contributed by atoms with Gasteiger partial charge in [0, 0.05) is 16.9 Å². The van der Waals surface area contributed by atoms with Crippen LogP contribution in [0.25, 0.3) is 5.65 Å². The van der Waals surface area contributed by atoms with Crippen LogP contribution in [-0.4, -0.2) is 14.5 Å². The Bertz CT molecular complexity index is 470. The summed E-state index contributed by atoms with van der Waals surface area (Å²) in [6.45, 7) is 3.45. The molecule has 4 heteroatoms. The topological polar surface area (TPSA) is 37.5 Å². The predicted molar refractivity (Wildman–Crippen MR) is 58.1 cm³/mol. The van der Waals surface area contributed by atoms with Crippen molar-refractivity contribution < 1.29 is 5.11 Å². The van der Waals surface area contributed by atoms with Crippen molar-refractivity contribution in [2.24, 2.45) is 0 Å². The smallest absolute Gasteiger partial charge is 0.137 e. The second kappa shape index (κ2) is 3.07. The van der Waals surface area contributed by atoms with Gasteiger partial charge in [-0.2, -0.15) is 0 Å². The lowest BCUT2D eigenvalue weighted by atomic mass is 10.1. The Labute approximate surface area is 90.5 Å². The molecule has 1 N–H and O–H groups in total. The first-order valence-electron chi connectivity index (χ1n) is 4.34. The fourth-order valence-corrected chi connectivity index (χ4v) is 1.61. The van der Waals surface area contributed by atoms with E-state index in [1.54, 1.807) is 13.8 Å². The standard InChI is InChI=1S/C10H11BrN2O/c1-10(2,14)8-6-13-5-7(11)3-4-9(13)12-8/h3-6,14H,1-2H3. The maximum Gasteiger partial charge on any atom is 0.137 e. The summed E-state index contributed by atoms with van der Waals surface area (Å²) in [5.41, 5.74) is 0.624. The monoisotopic (exact) mass is 254 g/mol. The summed E-state index contributed by atoms with van der Waals surface area (Å²) in [5, 5.41) is 9.77. The Kier molecular flexibility index (Phi) is 2.12. The van der Waals surface area contributed by atoms with Crippen molar-refractivity contribution in [2.45, 2.75) is 19.4 Å². The second-order valence-corrected chi connectivity index (χ2v) is 4.71. The quantitative estimate of drug-likeness (QED) is 0.849. The van der Waals surface area contributed by atoms with Crippen molar-refractivity contribution in [1.82, 2.24) is 9.38 Å². The minimum Gasteiger partial charge on any atom is -0.384 e. The summed E-state index contributed by atoms with van der Waals surface area (Å²) >= 11 is 3.38. The van der Waals surface area contributed by atoms with E-state index in [2.05, 4.69) is 20.9 Å². The molecule has 74 valence electrons. The van der Waals surface area contributed by atoms with Gasteiger partial charge in [-0.25, -0.2) is 4.98 Å². The van der Waals surface area contributed by atoms with Crippen LogP contribution < -0.4 is 0 Å². The van der Waals surface area contributed by atoms with Crippen molar-refractivity contribution in [2.75, 3.05) is 0 Å². The Morgan fingerprint density at radius 3 is 2.71 bits per heavy atom. The third kappa shape index (κ3) is 1.67. The number of hydrogen-bond acceptors (Lipinski definition) is 2. The molecule has 2 aromatic heterocycles. The van der Waals surface area contributed by atoms with Crippen LogP contribution in [0.1, 0.15) is 19.5 Å². The van der Waals surface area contributed by atoms with E-state index in [4.69, 9.17) is 0 Å². The number of pyridine rings is 1. The number of rotatable bonds is 1. The molecule has 2 rings (SSSR count). The SMILES string of the molecule is CC(C)(O)c1cn2cc(Br)ccc2n1. The zero-order valence-electron chi connectivity index (χ0n) is 8.03. The van der Waals surface area contributed by atoms with E-state index >= 15 is 0 Å². The summed E-state index contributed by atoms with van der Waals surface area (Å²) in [6, 6.07) is 3.83. The maximum absolute atomic E-state index is 9.77. The number of aliphatic hydroxyl groups is 1. The molecule has 0 fully saturated rings. The molecule has 2 heterocycles. The summed E-state index contributed by atoms with van der Waals surface area (Å²) in [4.78, 5) is 4.32. The fraction of sp³-hybridized carbons (Fsp3) is 0.300. The lowest BCUT2D eigenvalue weighted by molar-refractivity contribution is 0.0744. The third-order valence-corrected chi connectivity index (χ3v) is 2.51. The normalized spacial score (nSPS) is 12.3. The minimum atomic E-state index is -0.890. The Balaban J connectivity index is 2.63. The molecule has 0 spiro atoms. The number of imidazole rings is 1. The molecule has 0 bridgehead atoms. The van der Waals surface area contributed by atoms with Gasteiger partial charge in [-0.1, -0.05) is 0 Å². The van der Waals surface area contributed by atoms with Crippen molar-refractivity contribution in [3.8, 4) is 0 Å². The lowest BCUT2D eigenvalue weighted by Crippen LogP contribution is -2.15. The molecule has 14 heavy (non-hydrogen) atoms. The predicted octanol–water partition coefficient (Wildman–Crippen LogP) is 2.32. The highest BCUT2D eigenvalue weighted by molar-refractivity contribution is 9.10. The van der Waals surface area contributed by atoms with E-state index in [9.17, 15) is 5.11 Å². The van der Waals surface area contributed by atoms with Crippen LogP contribution >= 0.6 is 15.9 Å². The van der Waals surface area contributed by atoms with Crippen LogP contribution in [0.4, 0.5) is 0 Å². The molecular formula is C10H11BrN2O. The molecule has 2 aromatic rings. The molecule has 0 aliphatic rings. The van der Waals surface area contributed by atoms with E-state index in [1.807, 2.05) is 28.9 Å². The van der Waals surface area contributed by atoms with Crippen LogP contribution in [0.5, 0.6) is 0 Å². The molecule has 0 aliphatic heterocycles. The van der Waals surface area contributed by atoms with Crippen molar-refractivity contribution in [3.63, 3.8) is 0 Å². The molecule has 0 amide bonds. The van der Waals surface area contributed by atoms with Gasteiger partial charge in [-0.05, 0) is 41.9 Å². The summed E-state index contributed by atoms with van der Waals surface area (Å²) in [6.07, 6.45) is 3.75. The van der Waals surface area contributed by atoms with Gasteiger partial charge in [0.05, 0.1) is 5.69 Å². The van der Waals surface area contributed by atoms with E-state index in [1.165, 1.54) is 0 Å².